The molecule has 22 heavy (non-hydrogen) atoms. The summed E-state index contributed by atoms with van der Waals surface area (Å²) in [7, 11) is 1.55. The summed E-state index contributed by atoms with van der Waals surface area (Å²) in [5.74, 6) is -0.261. The van der Waals surface area contributed by atoms with Gasteiger partial charge < -0.3 is 15.8 Å². The lowest BCUT2D eigenvalue weighted by Gasteiger charge is -2.26. The number of nitrogens with one attached hydrogen (secondary N) is 1. The Balaban J connectivity index is 2.31. The van der Waals surface area contributed by atoms with E-state index in [0.717, 1.165) is 4.90 Å². The first-order valence-corrected chi connectivity index (χ1v) is 7.01. The number of carbonyl (C=O) groups is 3. The molecule has 0 unspecified atom stereocenters. The highest BCUT2D eigenvalue weighted by Gasteiger charge is 2.50. The third-order valence-corrected chi connectivity index (χ3v) is 3.87. The third kappa shape index (κ3) is 2.61. The zero-order chi connectivity index (χ0) is 16.3. The average molecular weight is 305 g/mol. The summed E-state index contributed by atoms with van der Waals surface area (Å²) in [6.07, 6.45) is 0.346. The van der Waals surface area contributed by atoms with E-state index in [0.29, 0.717) is 17.7 Å². The fourth-order valence-corrected chi connectivity index (χ4v) is 2.57. The molecule has 7 heteroatoms. The van der Waals surface area contributed by atoms with Crippen LogP contribution in [0.25, 0.3) is 0 Å². The maximum Gasteiger partial charge on any atom is 0.325 e. The van der Waals surface area contributed by atoms with Crippen molar-refractivity contribution in [3.63, 3.8) is 0 Å². The Labute approximate surface area is 128 Å². The topological polar surface area (TPSA) is 102 Å². The summed E-state index contributed by atoms with van der Waals surface area (Å²) < 4.78 is 5.10. The van der Waals surface area contributed by atoms with Crippen molar-refractivity contribution in [3.8, 4) is 5.75 Å². The molecule has 1 aliphatic heterocycles. The van der Waals surface area contributed by atoms with Gasteiger partial charge in [0.15, 0.2) is 0 Å². The molecule has 1 saturated heterocycles. The number of methoxy groups -OCH3 is 1. The molecule has 1 aromatic carbocycles. The number of rotatable bonds is 6. The molecular weight excluding hydrogens is 286 g/mol. The molecule has 0 aliphatic carbocycles. The van der Waals surface area contributed by atoms with Gasteiger partial charge in [-0.15, -0.1) is 0 Å². The molecule has 1 fully saturated rings. The van der Waals surface area contributed by atoms with Crippen LogP contribution in [0.2, 0.25) is 0 Å². The lowest BCUT2D eigenvalue weighted by molar-refractivity contribution is -0.132. The van der Waals surface area contributed by atoms with Crippen molar-refractivity contribution in [3.05, 3.63) is 29.8 Å². The predicted molar refractivity (Wildman–Crippen MR) is 79.0 cm³/mol. The number of nitrogens with two attached hydrogens (primary N) is 1. The summed E-state index contributed by atoms with van der Waals surface area (Å²) in [5.41, 5.74) is 4.65. The van der Waals surface area contributed by atoms with Crippen LogP contribution in [-0.2, 0) is 15.1 Å². The van der Waals surface area contributed by atoms with E-state index in [9.17, 15) is 14.4 Å². The monoisotopic (exact) mass is 305 g/mol. The Hall–Kier alpha value is -2.57. The van der Waals surface area contributed by atoms with Gasteiger partial charge in [-0.1, -0.05) is 19.1 Å². The van der Waals surface area contributed by atoms with E-state index in [-0.39, 0.29) is 18.9 Å². The van der Waals surface area contributed by atoms with Crippen LogP contribution in [0.4, 0.5) is 4.79 Å². The molecule has 1 aromatic rings. The van der Waals surface area contributed by atoms with Gasteiger partial charge in [0.05, 0.1) is 7.11 Å². The van der Waals surface area contributed by atoms with Gasteiger partial charge in [0.1, 0.15) is 11.3 Å². The maximum absolute atomic E-state index is 12.7. The van der Waals surface area contributed by atoms with E-state index in [1.54, 1.807) is 31.4 Å². The van der Waals surface area contributed by atoms with Crippen molar-refractivity contribution < 1.29 is 19.1 Å². The van der Waals surface area contributed by atoms with Crippen LogP contribution in [-0.4, -0.2) is 36.4 Å². The highest BCUT2D eigenvalue weighted by Crippen LogP contribution is 2.33. The van der Waals surface area contributed by atoms with Crippen molar-refractivity contribution >= 4 is 17.8 Å². The van der Waals surface area contributed by atoms with Crippen LogP contribution in [0.5, 0.6) is 5.75 Å². The molecule has 0 aromatic heterocycles. The first kappa shape index (κ1) is 15.8. The molecule has 0 radical (unpaired) electrons. The minimum absolute atomic E-state index is 0.0160. The zero-order valence-corrected chi connectivity index (χ0v) is 12.6. The van der Waals surface area contributed by atoms with E-state index in [2.05, 4.69) is 5.32 Å². The minimum Gasteiger partial charge on any atom is -0.497 e. The molecule has 7 nitrogen and oxygen atoms in total. The molecule has 1 aliphatic rings. The SMILES string of the molecule is CC[C@]1(c2ccc(OC)cc2)NC(=O)N(CCC(N)=O)C1=O. The highest BCUT2D eigenvalue weighted by atomic mass is 16.5. The third-order valence-electron chi connectivity index (χ3n) is 3.87. The Morgan fingerprint density at radius 2 is 1.95 bits per heavy atom. The van der Waals surface area contributed by atoms with Gasteiger partial charge in [0.2, 0.25) is 5.91 Å². The Morgan fingerprint density at radius 1 is 1.32 bits per heavy atom. The van der Waals surface area contributed by atoms with Crippen LogP contribution in [0.15, 0.2) is 24.3 Å². The molecule has 1 atom stereocenters. The molecule has 2 rings (SSSR count). The fraction of sp³-hybridized carbons (Fsp3) is 0.400. The number of primary amides is 1. The number of nitrogens with zero attached hydrogens (tertiary/aromatic N) is 1. The highest BCUT2D eigenvalue weighted by molar-refractivity contribution is 6.07. The van der Waals surface area contributed by atoms with E-state index in [1.807, 2.05) is 6.92 Å². The van der Waals surface area contributed by atoms with Crippen LogP contribution in [0, 0.1) is 0 Å². The van der Waals surface area contributed by atoms with Gasteiger partial charge in [0.25, 0.3) is 5.91 Å². The van der Waals surface area contributed by atoms with Gasteiger partial charge in [-0.05, 0) is 24.1 Å². The van der Waals surface area contributed by atoms with E-state index in [4.69, 9.17) is 10.5 Å². The van der Waals surface area contributed by atoms with Crippen molar-refractivity contribution in [1.82, 2.24) is 10.2 Å². The summed E-state index contributed by atoms with van der Waals surface area (Å²) >= 11 is 0. The second kappa shape index (κ2) is 6.05. The van der Waals surface area contributed by atoms with E-state index >= 15 is 0 Å². The molecule has 4 amide bonds. The molecule has 3 N–H and O–H groups in total. The summed E-state index contributed by atoms with van der Waals surface area (Å²) in [5, 5.41) is 2.74. The number of carbonyl (C=O) groups excluding carboxylic acids is 3. The number of amides is 4. The largest absolute Gasteiger partial charge is 0.497 e. The fourth-order valence-electron chi connectivity index (χ4n) is 2.57. The van der Waals surface area contributed by atoms with Crippen molar-refractivity contribution in [2.24, 2.45) is 5.73 Å². The first-order valence-electron chi connectivity index (χ1n) is 7.01. The minimum atomic E-state index is -1.11. The summed E-state index contributed by atoms with van der Waals surface area (Å²) in [4.78, 5) is 36.7. The molecule has 0 saturated carbocycles. The molecule has 1 heterocycles. The quantitative estimate of drug-likeness (QED) is 0.756. The molecule has 118 valence electrons. The number of ether oxygens (including phenoxy) is 1. The number of hydrogen-bond acceptors (Lipinski definition) is 4. The molecule has 0 bridgehead atoms. The standard InChI is InChI=1S/C15H19N3O4/c1-3-15(10-4-6-11(22-2)7-5-10)13(20)18(14(21)17-15)9-8-12(16)19/h4-7H,3,8-9H2,1-2H3,(H2,16,19)(H,17,21)/t15-/m1/s1. The Kier molecular flexibility index (Phi) is 4.35. The second-order valence-electron chi connectivity index (χ2n) is 5.09. The second-order valence-corrected chi connectivity index (χ2v) is 5.09. The lowest BCUT2D eigenvalue weighted by atomic mass is 9.87. The van der Waals surface area contributed by atoms with Gasteiger partial charge in [0, 0.05) is 13.0 Å². The van der Waals surface area contributed by atoms with Crippen LogP contribution in [0.3, 0.4) is 0 Å². The van der Waals surface area contributed by atoms with Crippen LogP contribution in [0.1, 0.15) is 25.3 Å². The predicted octanol–water partition coefficient (Wildman–Crippen LogP) is 0.728. The normalized spacial score (nSPS) is 20.9. The van der Waals surface area contributed by atoms with Crippen molar-refractivity contribution in [2.45, 2.75) is 25.3 Å². The number of imide groups is 1. The Bertz CT molecular complexity index is 599. The van der Waals surface area contributed by atoms with Crippen molar-refractivity contribution in [2.75, 3.05) is 13.7 Å². The molecular formula is C15H19N3O4. The van der Waals surface area contributed by atoms with E-state index < -0.39 is 17.5 Å². The summed E-state index contributed by atoms with van der Waals surface area (Å²) in [6.45, 7) is 1.80. The van der Waals surface area contributed by atoms with Gasteiger partial charge in [-0.3, -0.25) is 14.5 Å². The Morgan fingerprint density at radius 3 is 2.45 bits per heavy atom. The van der Waals surface area contributed by atoms with Gasteiger partial charge >= 0.3 is 6.03 Å². The zero-order valence-electron chi connectivity index (χ0n) is 12.6. The summed E-state index contributed by atoms with van der Waals surface area (Å²) in [6, 6.07) is 6.45. The van der Waals surface area contributed by atoms with Gasteiger partial charge in [-0.25, -0.2) is 4.79 Å². The lowest BCUT2D eigenvalue weighted by Crippen LogP contribution is -2.43. The van der Waals surface area contributed by atoms with Crippen LogP contribution < -0.4 is 15.8 Å². The molecule has 0 spiro atoms. The number of hydrogen-bond donors (Lipinski definition) is 2. The smallest absolute Gasteiger partial charge is 0.325 e. The number of urea groups is 1. The average Bonchev–Trinajstić information content (AvgIpc) is 2.76. The van der Waals surface area contributed by atoms with E-state index in [1.165, 1.54) is 0 Å². The first-order chi connectivity index (χ1) is 10.4. The van der Waals surface area contributed by atoms with Crippen molar-refractivity contribution in [1.29, 1.82) is 0 Å². The van der Waals surface area contributed by atoms with Gasteiger partial charge in [-0.2, -0.15) is 0 Å². The van der Waals surface area contributed by atoms with Crippen LogP contribution >= 0.6 is 0 Å². The number of benzene rings is 1. The maximum atomic E-state index is 12.7.